The van der Waals surface area contributed by atoms with Gasteiger partial charge in [-0.15, -0.1) is 0 Å². The average Bonchev–Trinajstić information content (AvgIpc) is 2.36. The van der Waals surface area contributed by atoms with Crippen LogP contribution in [-0.2, 0) is 0 Å². The molecule has 1 aliphatic carbocycles. The molecule has 0 nitrogen and oxygen atoms in total. The van der Waals surface area contributed by atoms with Gasteiger partial charge in [0.2, 0.25) is 0 Å². The molecule has 0 atom stereocenters. The third-order valence-corrected chi connectivity index (χ3v) is 3.42. The molecular weight excluding hydrogens is 212 g/mol. The Hall–Kier alpha value is -0.950. The van der Waals surface area contributed by atoms with E-state index >= 15 is 0 Å². The quantitative estimate of drug-likeness (QED) is 0.655. The number of thioether (sulfide) groups is 1. The highest BCUT2D eigenvalue weighted by Crippen LogP contribution is 2.32. The van der Waals surface area contributed by atoms with Crippen LogP contribution >= 0.6 is 11.8 Å². The normalized spacial score (nSPS) is 14.4. The average molecular weight is 232 g/mol. The number of benzene rings is 1. The fourth-order valence-electron chi connectivity index (χ4n) is 1.45. The molecule has 0 spiro atoms. The predicted molar refractivity (Wildman–Crippen MR) is 74.7 cm³/mol. The largest absolute Gasteiger partial charge is 0.0945 e. The molecule has 1 aromatic rings. The molecule has 16 heavy (non-hydrogen) atoms. The Morgan fingerprint density at radius 3 is 2.19 bits per heavy atom. The van der Waals surface area contributed by atoms with Crippen LogP contribution in [0.1, 0.15) is 33.6 Å². The molecule has 2 rings (SSSR count). The highest BCUT2D eigenvalue weighted by atomic mass is 32.2. The molecule has 1 heteroatoms. The lowest BCUT2D eigenvalue weighted by atomic mass is 10.1. The van der Waals surface area contributed by atoms with Gasteiger partial charge in [0.25, 0.3) is 0 Å². The summed E-state index contributed by atoms with van der Waals surface area (Å²) in [6.45, 7) is 6.19. The molecule has 0 bridgehead atoms. The molecule has 0 fully saturated rings. The Balaban J connectivity index is 0.000000606. The fraction of sp³-hybridized carbons (Fsp3) is 0.333. The van der Waals surface area contributed by atoms with Gasteiger partial charge in [-0.25, -0.2) is 0 Å². The summed E-state index contributed by atoms with van der Waals surface area (Å²) in [6.07, 6.45) is 6.89. The highest BCUT2D eigenvalue weighted by Gasteiger charge is 2.04. The SMILES string of the molecule is CC.CC1=CC=C(Sc2ccccc2)CC1. The zero-order valence-electron chi connectivity index (χ0n) is 10.4. The van der Waals surface area contributed by atoms with Gasteiger partial charge in [0, 0.05) is 4.90 Å². The molecule has 0 unspecified atom stereocenters. The van der Waals surface area contributed by atoms with Crippen LogP contribution < -0.4 is 0 Å². The minimum atomic E-state index is 1.20. The van der Waals surface area contributed by atoms with E-state index in [2.05, 4.69) is 49.4 Å². The molecule has 0 heterocycles. The van der Waals surface area contributed by atoms with Gasteiger partial charge in [0.1, 0.15) is 0 Å². The van der Waals surface area contributed by atoms with E-state index < -0.39 is 0 Å². The molecule has 0 saturated carbocycles. The van der Waals surface area contributed by atoms with Crippen LogP contribution in [0.3, 0.4) is 0 Å². The standard InChI is InChI=1S/C13H14S.C2H6/c1-11-7-9-13(10-8-11)14-12-5-3-2-4-6-12;1-2/h2-7,9H,8,10H2,1H3;1-2H3. The first-order valence-corrected chi connectivity index (χ1v) is 6.75. The van der Waals surface area contributed by atoms with Crippen molar-refractivity contribution in [3.63, 3.8) is 0 Å². The van der Waals surface area contributed by atoms with Crippen molar-refractivity contribution in [1.29, 1.82) is 0 Å². The number of hydrogen-bond donors (Lipinski definition) is 0. The van der Waals surface area contributed by atoms with Crippen LogP contribution in [0, 0.1) is 0 Å². The van der Waals surface area contributed by atoms with Crippen LogP contribution in [0.25, 0.3) is 0 Å². The maximum atomic E-state index is 2.25. The van der Waals surface area contributed by atoms with Gasteiger partial charge in [0.05, 0.1) is 0 Å². The Bertz CT molecular complexity index is 360. The molecule has 0 saturated heterocycles. The molecule has 0 aliphatic heterocycles. The van der Waals surface area contributed by atoms with Gasteiger partial charge in [-0.2, -0.15) is 0 Å². The van der Waals surface area contributed by atoms with Crippen LogP contribution in [0.15, 0.2) is 57.9 Å². The van der Waals surface area contributed by atoms with E-state index in [9.17, 15) is 0 Å². The summed E-state index contributed by atoms with van der Waals surface area (Å²) in [5.41, 5.74) is 1.49. The lowest BCUT2D eigenvalue weighted by molar-refractivity contribution is 0.949. The first kappa shape index (κ1) is 13.1. The Labute approximate surface area is 103 Å². The molecule has 1 aromatic carbocycles. The van der Waals surface area contributed by atoms with Crippen molar-refractivity contribution in [1.82, 2.24) is 0 Å². The van der Waals surface area contributed by atoms with E-state index in [-0.39, 0.29) is 0 Å². The second kappa shape index (κ2) is 7.34. The minimum absolute atomic E-state index is 1.20. The van der Waals surface area contributed by atoms with E-state index in [0.717, 1.165) is 0 Å². The summed E-state index contributed by atoms with van der Waals surface area (Å²) in [4.78, 5) is 2.81. The Kier molecular flexibility index (Phi) is 6.02. The summed E-state index contributed by atoms with van der Waals surface area (Å²) in [6, 6.07) is 10.6. The Morgan fingerprint density at radius 2 is 1.62 bits per heavy atom. The van der Waals surface area contributed by atoms with E-state index in [1.54, 1.807) is 0 Å². The molecular formula is C15H20S. The molecule has 0 aromatic heterocycles. The third-order valence-electron chi connectivity index (χ3n) is 2.31. The summed E-state index contributed by atoms with van der Waals surface area (Å²) < 4.78 is 0. The third kappa shape index (κ3) is 4.28. The van der Waals surface area contributed by atoms with Gasteiger partial charge in [-0.1, -0.05) is 61.5 Å². The van der Waals surface area contributed by atoms with E-state index in [0.29, 0.717) is 0 Å². The number of allylic oxidation sites excluding steroid dienone is 4. The van der Waals surface area contributed by atoms with E-state index in [4.69, 9.17) is 0 Å². The maximum Gasteiger partial charge on any atom is 0.0119 e. The van der Waals surface area contributed by atoms with Gasteiger partial charge in [0.15, 0.2) is 0 Å². The fourth-order valence-corrected chi connectivity index (χ4v) is 2.38. The monoisotopic (exact) mass is 232 g/mol. The topological polar surface area (TPSA) is 0 Å². The molecule has 0 radical (unpaired) electrons. The zero-order chi connectivity index (χ0) is 11.8. The van der Waals surface area contributed by atoms with Gasteiger partial charge < -0.3 is 0 Å². The maximum absolute atomic E-state index is 2.25. The van der Waals surface area contributed by atoms with Crippen LogP contribution in [0.5, 0.6) is 0 Å². The minimum Gasteiger partial charge on any atom is -0.0945 e. The van der Waals surface area contributed by atoms with Crippen molar-refractivity contribution >= 4 is 11.8 Å². The summed E-state index contributed by atoms with van der Waals surface area (Å²) in [5.74, 6) is 0. The second-order valence-electron chi connectivity index (χ2n) is 3.56. The van der Waals surface area contributed by atoms with Crippen molar-refractivity contribution in [2.24, 2.45) is 0 Å². The van der Waals surface area contributed by atoms with Crippen LogP contribution in [0.2, 0.25) is 0 Å². The van der Waals surface area contributed by atoms with E-state index in [1.807, 2.05) is 25.6 Å². The lowest BCUT2D eigenvalue weighted by Gasteiger charge is -2.11. The van der Waals surface area contributed by atoms with E-state index in [1.165, 1.54) is 28.2 Å². The summed E-state index contributed by atoms with van der Waals surface area (Å²) in [7, 11) is 0. The summed E-state index contributed by atoms with van der Waals surface area (Å²) in [5, 5.41) is 0. The first-order chi connectivity index (χ1) is 7.84. The molecule has 0 amide bonds. The van der Waals surface area contributed by atoms with Crippen molar-refractivity contribution in [3.05, 3.63) is 53.0 Å². The van der Waals surface area contributed by atoms with Crippen LogP contribution in [0.4, 0.5) is 0 Å². The van der Waals surface area contributed by atoms with Crippen molar-refractivity contribution < 1.29 is 0 Å². The van der Waals surface area contributed by atoms with Crippen molar-refractivity contribution in [2.75, 3.05) is 0 Å². The number of rotatable bonds is 2. The smallest absolute Gasteiger partial charge is 0.0119 e. The van der Waals surface area contributed by atoms with Crippen LogP contribution in [-0.4, -0.2) is 0 Å². The number of hydrogen-bond acceptors (Lipinski definition) is 1. The molecule has 86 valence electrons. The second-order valence-corrected chi connectivity index (χ2v) is 4.76. The molecule has 0 N–H and O–H groups in total. The first-order valence-electron chi connectivity index (χ1n) is 5.94. The summed E-state index contributed by atoms with van der Waals surface area (Å²) >= 11 is 1.88. The van der Waals surface area contributed by atoms with Gasteiger partial charge >= 0.3 is 0 Å². The van der Waals surface area contributed by atoms with Crippen molar-refractivity contribution in [3.8, 4) is 0 Å². The van der Waals surface area contributed by atoms with Gasteiger partial charge in [-0.05, 0) is 36.8 Å². The van der Waals surface area contributed by atoms with Crippen molar-refractivity contribution in [2.45, 2.75) is 38.5 Å². The van der Waals surface area contributed by atoms with Gasteiger partial charge in [-0.3, -0.25) is 0 Å². The lowest BCUT2D eigenvalue weighted by Crippen LogP contribution is -1.87. The zero-order valence-corrected chi connectivity index (χ0v) is 11.2. The Morgan fingerprint density at radius 1 is 0.938 bits per heavy atom. The highest BCUT2D eigenvalue weighted by molar-refractivity contribution is 8.03. The molecule has 1 aliphatic rings. The predicted octanol–water partition coefficient (Wildman–Crippen LogP) is 5.43.